The molecule has 0 saturated heterocycles. The monoisotopic (exact) mass is 181 g/mol. The molecule has 0 aromatic carbocycles. The Morgan fingerprint density at radius 2 is 2.23 bits per heavy atom. The number of hydrogen-bond donors (Lipinski definition) is 2. The van der Waals surface area contributed by atoms with Crippen molar-refractivity contribution < 1.29 is 4.79 Å². The number of H-pyrrole nitrogens is 1. The zero-order valence-corrected chi connectivity index (χ0v) is 8.27. The third-order valence-electron chi connectivity index (χ3n) is 1.99. The maximum absolute atomic E-state index is 11.3. The van der Waals surface area contributed by atoms with Gasteiger partial charge in [-0.1, -0.05) is 0 Å². The van der Waals surface area contributed by atoms with Crippen molar-refractivity contribution in [3.8, 4) is 0 Å². The quantitative estimate of drug-likeness (QED) is 0.721. The predicted octanol–water partition coefficient (Wildman–Crippen LogP) is 0.705. The van der Waals surface area contributed by atoms with Gasteiger partial charge >= 0.3 is 0 Å². The lowest BCUT2D eigenvalue weighted by Gasteiger charge is -2.01. The Balaban J connectivity index is 2.68. The van der Waals surface area contributed by atoms with E-state index in [1.54, 1.807) is 0 Å². The zero-order chi connectivity index (χ0) is 9.84. The molecule has 0 atom stereocenters. The van der Waals surface area contributed by atoms with E-state index in [4.69, 9.17) is 0 Å². The minimum Gasteiger partial charge on any atom is -0.356 e. The molecule has 0 bridgehead atoms. The summed E-state index contributed by atoms with van der Waals surface area (Å²) in [6, 6.07) is 0. The summed E-state index contributed by atoms with van der Waals surface area (Å²) in [4.78, 5) is 11.3. The van der Waals surface area contributed by atoms with Crippen LogP contribution in [0.25, 0.3) is 0 Å². The van der Waals surface area contributed by atoms with Gasteiger partial charge in [-0.15, -0.1) is 0 Å². The Morgan fingerprint density at radius 1 is 1.54 bits per heavy atom. The van der Waals surface area contributed by atoms with Crippen LogP contribution in [0, 0.1) is 13.8 Å². The summed E-state index contributed by atoms with van der Waals surface area (Å²) in [6.07, 6.45) is 0.419. The third kappa shape index (κ3) is 2.31. The highest BCUT2D eigenvalue weighted by atomic mass is 16.1. The molecule has 0 radical (unpaired) electrons. The number of aryl methyl sites for hydroxylation is 2. The van der Waals surface area contributed by atoms with Crippen molar-refractivity contribution in [2.75, 3.05) is 6.54 Å². The number of aromatic nitrogens is 2. The molecule has 1 aromatic heterocycles. The van der Waals surface area contributed by atoms with Gasteiger partial charge in [0.15, 0.2) is 0 Å². The average molecular weight is 181 g/mol. The summed E-state index contributed by atoms with van der Waals surface area (Å²) in [5.74, 6) is 0.0510. The maximum Gasteiger partial charge on any atom is 0.224 e. The first-order valence-electron chi connectivity index (χ1n) is 4.42. The van der Waals surface area contributed by atoms with Gasteiger partial charge in [0.1, 0.15) is 0 Å². The van der Waals surface area contributed by atoms with Crippen LogP contribution in [-0.2, 0) is 11.2 Å². The summed E-state index contributed by atoms with van der Waals surface area (Å²) in [7, 11) is 0. The van der Waals surface area contributed by atoms with Crippen LogP contribution in [0.4, 0.5) is 0 Å². The van der Waals surface area contributed by atoms with Gasteiger partial charge in [-0.3, -0.25) is 9.89 Å². The molecule has 2 N–H and O–H groups in total. The average Bonchev–Trinajstić information content (AvgIpc) is 2.36. The van der Waals surface area contributed by atoms with Crippen molar-refractivity contribution in [3.63, 3.8) is 0 Å². The molecule has 4 heteroatoms. The van der Waals surface area contributed by atoms with E-state index in [-0.39, 0.29) is 5.91 Å². The minimum absolute atomic E-state index is 0.0510. The minimum atomic E-state index is 0.0510. The van der Waals surface area contributed by atoms with E-state index in [9.17, 15) is 4.79 Å². The summed E-state index contributed by atoms with van der Waals surface area (Å²) >= 11 is 0. The molecule has 0 aliphatic rings. The molecule has 0 unspecified atom stereocenters. The number of carbonyl (C=O) groups is 1. The molecule has 13 heavy (non-hydrogen) atoms. The molecule has 1 aromatic rings. The lowest BCUT2D eigenvalue weighted by atomic mass is 10.1. The van der Waals surface area contributed by atoms with Crippen molar-refractivity contribution in [2.45, 2.75) is 27.2 Å². The van der Waals surface area contributed by atoms with E-state index in [0.29, 0.717) is 13.0 Å². The van der Waals surface area contributed by atoms with E-state index in [1.807, 2.05) is 20.8 Å². The fourth-order valence-corrected chi connectivity index (χ4v) is 1.25. The number of nitrogens with zero attached hydrogens (tertiary/aromatic N) is 1. The molecular weight excluding hydrogens is 166 g/mol. The second-order valence-corrected chi connectivity index (χ2v) is 3.04. The van der Waals surface area contributed by atoms with Crippen LogP contribution in [0.2, 0.25) is 0 Å². The molecule has 0 spiro atoms. The molecule has 1 heterocycles. The number of likely N-dealkylation sites (N-methyl/N-ethyl adjacent to an activating group) is 1. The molecule has 1 amide bonds. The Bertz CT molecular complexity index is 284. The topological polar surface area (TPSA) is 57.8 Å². The number of hydrogen-bond acceptors (Lipinski definition) is 2. The van der Waals surface area contributed by atoms with Crippen LogP contribution in [0.5, 0.6) is 0 Å². The number of aromatic amines is 1. The normalized spacial score (nSPS) is 10.1. The van der Waals surface area contributed by atoms with Crippen LogP contribution in [0.1, 0.15) is 23.9 Å². The van der Waals surface area contributed by atoms with E-state index < -0.39 is 0 Å². The van der Waals surface area contributed by atoms with Crippen LogP contribution < -0.4 is 5.32 Å². The van der Waals surface area contributed by atoms with Gasteiger partial charge in [-0.25, -0.2) is 0 Å². The molecule has 72 valence electrons. The molecule has 0 aliphatic heterocycles. The molecule has 0 aliphatic carbocycles. The zero-order valence-electron chi connectivity index (χ0n) is 8.27. The van der Waals surface area contributed by atoms with Gasteiger partial charge in [0.2, 0.25) is 5.91 Å². The van der Waals surface area contributed by atoms with Gasteiger partial charge in [0.05, 0.1) is 12.1 Å². The van der Waals surface area contributed by atoms with Crippen LogP contribution in [0.3, 0.4) is 0 Å². The van der Waals surface area contributed by atoms with E-state index in [1.165, 1.54) is 0 Å². The van der Waals surface area contributed by atoms with E-state index >= 15 is 0 Å². The maximum atomic E-state index is 11.3. The summed E-state index contributed by atoms with van der Waals surface area (Å²) in [6.45, 7) is 6.41. The first-order valence-corrected chi connectivity index (χ1v) is 4.42. The Hall–Kier alpha value is -1.32. The first kappa shape index (κ1) is 9.77. The Labute approximate surface area is 77.7 Å². The van der Waals surface area contributed by atoms with Crippen LogP contribution >= 0.6 is 0 Å². The lowest BCUT2D eigenvalue weighted by molar-refractivity contribution is -0.120. The number of nitrogens with one attached hydrogen (secondary N) is 2. The first-order chi connectivity index (χ1) is 6.15. The van der Waals surface area contributed by atoms with Gasteiger partial charge in [0, 0.05) is 17.8 Å². The predicted molar refractivity (Wildman–Crippen MR) is 50.4 cm³/mol. The van der Waals surface area contributed by atoms with Crippen molar-refractivity contribution in [1.82, 2.24) is 15.5 Å². The highest BCUT2D eigenvalue weighted by molar-refractivity contribution is 5.78. The second-order valence-electron chi connectivity index (χ2n) is 3.04. The number of amides is 1. The number of carbonyl (C=O) groups excluding carboxylic acids is 1. The molecule has 4 nitrogen and oxygen atoms in total. The van der Waals surface area contributed by atoms with Gasteiger partial charge in [0.25, 0.3) is 0 Å². The van der Waals surface area contributed by atoms with Crippen molar-refractivity contribution >= 4 is 5.91 Å². The molecule has 1 rings (SSSR count). The largest absolute Gasteiger partial charge is 0.356 e. The fraction of sp³-hybridized carbons (Fsp3) is 0.556. The molecule has 0 saturated carbocycles. The van der Waals surface area contributed by atoms with E-state index in [2.05, 4.69) is 15.5 Å². The second kappa shape index (κ2) is 4.07. The summed E-state index contributed by atoms with van der Waals surface area (Å²) in [5, 5.41) is 9.64. The third-order valence-corrected chi connectivity index (χ3v) is 1.99. The standard InChI is InChI=1S/C9H15N3O/c1-4-10-9(13)5-8-6(2)11-12-7(8)3/h4-5H2,1-3H3,(H,10,13)(H,11,12). The Morgan fingerprint density at radius 3 is 2.69 bits per heavy atom. The highest BCUT2D eigenvalue weighted by Gasteiger charge is 2.09. The molecular formula is C9H15N3O. The summed E-state index contributed by atoms with van der Waals surface area (Å²) < 4.78 is 0. The van der Waals surface area contributed by atoms with E-state index in [0.717, 1.165) is 17.0 Å². The van der Waals surface area contributed by atoms with Gasteiger partial charge < -0.3 is 5.32 Å². The van der Waals surface area contributed by atoms with Crippen LogP contribution in [-0.4, -0.2) is 22.6 Å². The summed E-state index contributed by atoms with van der Waals surface area (Å²) in [5.41, 5.74) is 2.89. The molecule has 0 fully saturated rings. The smallest absolute Gasteiger partial charge is 0.224 e. The highest BCUT2D eigenvalue weighted by Crippen LogP contribution is 2.09. The van der Waals surface area contributed by atoms with Crippen molar-refractivity contribution in [3.05, 3.63) is 17.0 Å². The van der Waals surface area contributed by atoms with Crippen molar-refractivity contribution in [2.24, 2.45) is 0 Å². The van der Waals surface area contributed by atoms with Gasteiger partial charge in [-0.05, 0) is 20.8 Å². The lowest BCUT2D eigenvalue weighted by Crippen LogP contribution is -2.24. The number of rotatable bonds is 3. The Kier molecular flexibility index (Phi) is 3.06. The fourth-order valence-electron chi connectivity index (χ4n) is 1.25. The van der Waals surface area contributed by atoms with Crippen LogP contribution in [0.15, 0.2) is 0 Å². The van der Waals surface area contributed by atoms with Gasteiger partial charge in [-0.2, -0.15) is 5.10 Å². The van der Waals surface area contributed by atoms with Crippen molar-refractivity contribution in [1.29, 1.82) is 0 Å². The SMILES string of the molecule is CCNC(=O)Cc1c(C)n[nH]c1C.